The van der Waals surface area contributed by atoms with Gasteiger partial charge in [0.2, 0.25) is 0 Å². The van der Waals surface area contributed by atoms with Gasteiger partial charge in [-0.3, -0.25) is 4.79 Å². The third-order valence-electron chi connectivity index (χ3n) is 3.85. The van der Waals surface area contributed by atoms with Gasteiger partial charge in [-0.25, -0.2) is 9.07 Å². The first-order valence-electron chi connectivity index (χ1n) is 7.45. The smallest absolute Gasteiger partial charge is 0.277 e. The highest BCUT2D eigenvalue weighted by molar-refractivity contribution is 6.02. The lowest BCUT2D eigenvalue weighted by Gasteiger charge is -2.22. The first-order chi connectivity index (χ1) is 11.2. The topological polar surface area (TPSA) is 81.1 Å². The van der Waals surface area contributed by atoms with Gasteiger partial charge in [0.1, 0.15) is 11.6 Å². The van der Waals surface area contributed by atoms with E-state index in [0.29, 0.717) is 5.75 Å². The van der Waals surface area contributed by atoms with Crippen molar-refractivity contribution in [2.75, 3.05) is 25.5 Å². The second kappa shape index (κ2) is 8.07. The van der Waals surface area contributed by atoms with Crippen molar-refractivity contribution in [3.8, 4) is 5.75 Å². The molecule has 0 aliphatic carbocycles. The van der Waals surface area contributed by atoms with Gasteiger partial charge >= 0.3 is 0 Å². The lowest BCUT2D eigenvalue weighted by atomic mass is 10.1. The molecule has 2 N–H and O–H groups in total. The zero-order chi connectivity index (χ0) is 16.2. The van der Waals surface area contributed by atoms with Crippen molar-refractivity contribution < 1.29 is 13.9 Å². The molecule has 9 heteroatoms. The van der Waals surface area contributed by atoms with Crippen molar-refractivity contribution in [2.45, 2.75) is 18.9 Å². The van der Waals surface area contributed by atoms with Crippen LogP contribution in [0.4, 0.5) is 10.1 Å². The lowest BCUT2D eigenvalue weighted by molar-refractivity contribution is 0.102. The summed E-state index contributed by atoms with van der Waals surface area (Å²) in [5.41, 5.74) is 0.205. The average molecular weight is 356 g/mol. The number of methoxy groups -OCH3 is 1. The molecule has 130 valence electrons. The van der Waals surface area contributed by atoms with Crippen LogP contribution in [0.15, 0.2) is 24.4 Å². The Kier molecular flexibility index (Phi) is 6.10. The van der Waals surface area contributed by atoms with E-state index in [9.17, 15) is 9.18 Å². The fourth-order valence-corrected chi connectivity index (χ4v) is 2.54. The van der Waals surface area contributed by atoms with Gasteiger partial charge in [0.15, 0.2) is 5.69 Å². The maximum atomic E-state index is 13.8. The third kappa shape index (κ3) is 4.01. The van der Waals surface area contributed by atoms with Crippen LogP contribution in [-0.4, -0.2) is 41.1 Å². The third-order valence-corrected chi connectivity index (χ3v) is 3.85. The first kappa shape index (κ1) is 18.2. The largest absolute Gasteiger partial charge is 0.497 e. The van der Waals surface area contributed by atoms with Gasteiger partial charge in [0.05, 0.1) is 25.0 Å². The molecule has 7 nitrogen and oxygen atoms in total. The van der Waals surface area contributed by atoms with E-state index >= 15 is 0 Å². The normalized spacial score (nSPS) is 14.8. The van der Waals surface area contributed by atoms with Gasteiger partial charge in [-0.15, -0.1) is 17.5 Å². The molecular weight excluding hydrogens is 337 g/mol. The quantitative estimate of drug-likeness (QED) is 0.877. The molecule has 24 heavy (non-hydrogen) atoms. The van der Waals surface area contributed by atoms with Gasteiger partial charge in [0, 0.05) is 6.07 Å². The fourth-order valence-electron chi connectivity index (χ4n) is 2.54. The SMILES string of the molecule is COc1ccc(F)c(NC(=O)c2cn(C3CCNCC3)nn2)c1.Cl. The van der Waals surface area contributed by atoms with Crippen molar-refractivity contribution in [1.29, 1.82) is 0 Å². The van der Waals surface area contributed by atoms with Crippen molar-refractivity contribution in [1.82, 2.24) is 20.3 Å². The summed E-state index contributed by atoms with van der Waals surface area (Å²) in [6.45, 7) is 1.84. The molecule has 1 fully saturated rings. The van der Waals surface area contributed by atoms with Gasteiger partial charge in [0.25, 0.3) is 5.91 Å². The molecule has 2 heterocycles. The number of rotatable bonds is 4. The van der Waals surface area contributed by atoms with Crippen molar-refractivity contribution >= 4 is 24.0 Å². The molecule has 0 saturated carbocycles. The molecule has 1 aromatic heterocycles. The van der Waals surface area contributed by atoms with Crippen LogP contribution in [0.1, 0.15) is 29.4 Å². The van der Waals surface area contributed by atoms with Crippen LogP contribution in [0.3, 0.4) is 0 Å². The Morgan fingerprint density at radius 2 is 2.17 bits per heavy atom. The highest BCUT2D eigenvalue weighted by Crippen LogP contribution is 2.22. The Morgan fingerprint density at radius 1 is 1.42 bits per heavy atom. The molecule has 1 saturated heterocycles. The number of carbonyl (C=O) groups excluding carboxylic acids is 1. The maximum absolute atomic E-state index is 13.8. The molecule has 1 aromatic carbocycles. The summed E-state index contributed by atoms with van der Waals surface area (Å²) in [7, 11) is 1.48. The minimum absolute atomic E-state index is 0. The Hall–Kier alpha value is -2.19. The van der Waals surface area contributed by atoms with Crippen LogP contribution < -0.4 is 15.4 Å². The molecule has 1 amide bonds. The minimum atomic E-state index is -0.537. The molecule has 0 bridgehead atoms. The zero-order valence-electron chi connectivity index (χ0n) is 13.2. The summed E-state index contributed by atoms with van der Waals surface area (Å²) in [5, 5.41) is 13.7. The van der Waals surface area contributed by atoms with Crippen LogP contribution in [0.2, 0.25) is 0 Å². The van der Waals surface area contributed by atoms with E-state index in [0.717, 1.165) is 25.9 Å². The number of hydrogen-bond donors (Lipinski definition) is 2. The summed E-state index contributed by atoms with van der Waals surface area (Å²) in [6.07, 6.45) is 3.48. The fraction of sp³-hybridized carbons (Fsp3) is 0.400. The van der Waals surface area contributed by atoms with E-state index in [-0.39, 0.29) is 29.8 Å². The molecule has 1 aliphatic heterocycles. The van der Waals surface area contributed by atoms with E-state index < -0.39 is 11.7 Å². The van der Waals surface area contributed by atoms with Crippen LogP contribution in [0, 0.1) is 5.82 Å². The maximum Gasteiger partial charge on any atom is 0.277 e. The second-order valence-corrected chi connectivity index (χ2v) is 5.36. The molecule has 2 aromatic rings. The second-order valence-electron chi connectivity index (χ2n) is 5.36. The number of anilines is 1. The number of piperidine rings is 1. The Morgan fingerprint density at radius 3 is 2.88 bits per heavy atom. The number of halogens is 2. The molecule has 0 spiro atoms. The van der Waals surface area contributed by atoms with Gasteiger partial charge in [-0.1, -0.05) is 5.21 Å². The van der Waals surface area contributed by atoms with E-state index in [1.807, 2.05) is 0 Å². The Bertz CT molecular complexity index is 703. The molecular formula is C15H19ClFN5O2. The predicted octanol–water partition coefficient (Wildman–Crippen LogP) is 2.02. The van der Waals surface area contributed by atoms with Crippen molar-refractivity contribution in [2.24, 2.45) is 0 Å². The van der Waals surface area contributed by atoms with E-state index in [1.165, 1.54) is 25.3 Å². The summed E-state index contributed by atoms with van der Waals surface area (Å²) in [6, 6.07) is 4.38. The number of amides is 1. The molecule has 1 aliphatic rings. The summed E-state index contributed by atoms with van der Waals surface area (Å²) in [5.74, 6) is -0.581. The molecule has 0 radical (unpaired) electrons. The van der Waals surface area contributed by atoms with Crippen LogP contribution >= 0.6 is 12.4 Å². The number of nitrogens with zero attached hydrogens (tertiary/aromatic N) is 3. The van der Waals surface area contributed by atoms with Crippen LogP contribution in [0.5, 0.6) is 5.75 Å². The summed E-state index contributed by atoms with van der Waals surface area (Å²) in [4.78, 5) is 12.2. The highest BCUT2D eigenvalue weighted by Gasteiger charge is 2.19. The molecule has 3 rings (SSSR count). The van der Waals surface area contributed by atoms with Gasteiger partial charge in [-0.05, 0) is 38.1 Å². The number of carbonyl (C=O) groups is 1. The number of aromatic nitrogens is 3. The van der Waals surface area contributed by atoms with E-state index in [1.54, 1.807) is 10.9 Å². The predicted molar refractivity (Wildman–Crippen MR) is 89.3 cm³/mol. The van der Waals surface area contributed by atoms with E-state index in [4.69, 9.17) is 4.74 Å². The highest BCUT2D eigenvalue weighted by atomic mass is 35.5. The number of ether oxygens (including phenoxy) is 1. The van der Waals surface area contributed by atoms with Crippen molar-refractivity contribution in [3.63, 3.8) is 0 Å². The van der Waals surface area contributed by atoms with Gasteiger partial charge in [-0.2, -0.15) is 0 Å². The van der Waals surface area contributed by atoms with E-state index in [2.05, 4.69) is 20.9 Å². The van der Waals surface area contributed by atoms with Gasteiger partial charge < -0.3 is 15.4 Å². The number of benzene rings is 1. The van der Waals surface area contributed by atoms with Crippen LogP contribution in [-0.2, 0) is 0 Å². The Balaban J connectivity index is 0.00000208. The first-order valence-corrected chi connectivity index (χ1v) is 7.45. The van der Waals surface area contributed by atoms with Crippen molar-refractivity contribution in [3.05, 3.63) is 35.9 Å². The molecule has 0 unspecified atom stereocenters. The average Bonchev–Trinajstić information content (AvgIpc) is 3.08. The number of nitrogens with one attached hydrogen (secondary N) is 2. The zero-order valence-corrected chi connectivity index (χ0v) is 14.0. The number of hydrogen-bond acceptors (Lipinski definition) is 5. The minimum Gasteiger partial charge on any atom is -0.497 e. The monoisotopic (exact) mass is 355 g/mol. The standard InChI is InChI=1S/C15H18FN5O2.ClH/c1-23-11-2-3-12(16)13(8-11)18-15(22)14-9-21(20-19-14)10-4-6-17-7-5-10;/h2-3,8-10,17H,4-7H2,1H3,(H,18,22);1H. The summed E-state index contributed by atoms with van der Waals surface area (Å²) >= 11 is 0. The lowest BCUT2D eigenvalue weighted by Crippen LogP contribution is -2.29. The Labute approximate surface area is 145 Å². The summed E-state index contributed by atoms with van der Waals surface area (Å²) < 4.78 is 20.5. The van der Waals surface area contributed by atoms with Crippen LogP contribution in [0.25, 0.3) is 0 Å². The molecule has 0 atom stereocenters.